The molecule has 1 N–H and O–H groups in total. The van der Waals surface area contributed by atoms with Crippen LogP contribution in [0.15, 0.2) is 18.3 Å². The van der Waals surface area contributed by atoms with Gasteiger partial charge >= 0.3 is 0 Å². The molecule has 0 aromatic carbocycles. The summed E-state index contributed by atoms with van der Waals surface area (Å²) in [6, 6.07) is 3.06. The fraction of sp³-hybridized carbons (Fsp3) is 0.455. The predicted molar refractivity (Wildman–Crippen MR) is 57.8 cm³/mol. The topological polar surface area (TPSA) is 42.2 Å². The molecule has 0 amide bonds. The maximum Gasteiger partial charge on any atom is 0.160 e. The number of nitrogens with zero attached hydrogens (tertiary/aromatic N) is 3. The third-order valence-corrected chi connectivity index (χ3v) is 3.05. The Hall–Kier alpha value is -1.49. The molecular formula is C11H13FN4. The van der Waals surface area contributed by atoms with Gasteiger partial charge in [-0.3, -0.25) is 4.40 Å². The number of aromatic nitrogens is 3. The van der Waals surface area contributed by atoms with Gasteiger partial charge in [-0.1, -0.05) is 0 Å². The first-order valence-electron chi connectivity index (χ1n) is 5.55. The van der Waals surface area contributed by atoms with Crippen LogP contribution < -0.4 is 5.32 Å². The van der Waals surface area contributed by atoms with Crippen molar-refractivity contribution in [1.82, 2.24) is 19.9 Å². The maximum absolute atomic E-state index is 13.2. The summed E-state index contributed by atoms with van der Waals surface area (Å²) in [5.74, 6) is 0.949. The predicted octanol–water partition coefficient (Wildman–Crippen LogP) is 1.34. The molecule has 5 heteroatoms. The van der Waals surface area contributed by atoms with Crippen LogP contribution in [-0.2, 0) is 0 Å². The summed E-state index contributed by atoms with van der Waals surface area (Å²) in [4.78, 5) is 0. The van der Waals surface area contributed by atoms with Crippen molar-refractivity contribution in [3.05, 3.63) is 30.0 Å². The average Bonchev–Trinajstić information content (AvgIpc) is 2.73. The highest BCUT2D eigenvalue weighted by atomic mass is 19.1. The first kappa shape index (κ1) is 9.72. The molecular weight excluding hydrogens is 207 g/mol. The van der Waals surface area contributed by atoms with E-state index in [2.05, 4.69) is 15.5 Å². The Morgan fingerprint density at radius 2 is 2.31 bits per heavy atom. The molecule has 1 saturated heterocycles. The molecule has 3 heterocycles. The molecule has 4 nitrogen and oxygen atoms in total. The quantitative estimate of drug-likeness (QED) is 0.788. The van der Waals surface area contributed by atoms with E-state index in [9.17, 15) is 4.39 Å². The van der Waals surface area contributed by atoms with Crippen molar-refractivity contribution in [3.8, 4) is 0 Å². The third-order valence-electron chi connectivity index (χ3n) is 3.05. The van der Waals surface area contributed by atoms with Gasteiger partial charge in [-0.2, -0.15) is 0 Å². The van der Waals surface area contributed by atoms with Crippen molar-refractivity contribution in [2.24, 2.45) is 0 Å². The Bertz CT molecular complexity index is 502. The van der Waals surface area contributed by atoms with E-state index in [-0.39, 0.29) is 5.82 Å². The molecule has 1 aliphatic heterocycles. The van der Waals surface area contributed by atoms with E-state index < -0.39 is 0 Å². The Kier molecular flexibility index (Phi) is 2.32. The minimum absolute atomic E-state index is 0.252. The minimum atomic E-state index is -0.252. The highest BCUT2D eigenvalue weighted by Gasteiger charge is 2.20. The first-order chi connectivity index (χ1) is 7.84. The van der Waals surface area contributed by atoms with E-state index in [0.29, 0.717) is 11.6 Å². The number of piperidine rings is 1. The summed E-state index contributed by atoms with van der Waals surface area (Å²) in [6.07, 6.45) is 3.68. The van der Waals surface area contributed by atoms with Gasteiger partial charge in [0, 0.05) is 18.7 Å². The summed E-state index contributed by atoms with van der Waals surface area (Å²) in [5.41, 5.74) is 0.710. The van der Waals surface area contributed by atoms with Crippen molar-refractivity contribution < 1.29 is 4.39 Å². The summed E-state index contributed by atoms with van der Waals surface area (Å²) >= 11 is 0. The lowest BCUT2D eigenvalue weighted by Gasteiger charge is -2.20. The Balaban J connectivity index is 2.05. The van der Waals surface area contributed by atoms with Crippen molar-refractivity contribution in [2.75, 3.05) is 13.1 Å². The first-order valence-corrected chi connectivity index (χ1v) is 5.55. The molecule has 3 rings (SSSR count). The largest absolute Gasteiger partial charge is 0.316 e. The lowest BCUT2D eigenvalue weighted by molar-refractivity contribution is 0.443. The molecule has 1 aliphatic rings. The molecule has 1 unspecified atom stereocenters. The second-order valence-corrected chi connectivity index (χ2v) is 4.18. The van der Waals surface area contributed by atoms with Crippen LogP contribution in [0.4, 0.5) is 4.39 Å². The van der Waals surface area contributed by atoms with Crippen molar-refractivity contribution >= 4 is 5.65 Å². The molecule has 16 heavy (non-hydrogen) atoms. The Labute approximate surface area is 92.5 Å². The van der Waals surface area contributed by atoms with Crippen molar-refractivity contribution in [2.45, 2.75) is 18.8 Å². The highest BCUT2D eigenvalue weighted by molar-refractivity contribution is 5.38. The number of hydrogen-bond acceptors (Lipinski definition) is 3. The van der Waals surface area contributed by atoms with Crippen molar-refractivity contribution in [1.29, 1.82) is 0 Å². The minimum Gasteiger partial charge on any atom is -0.316 e. The van der Waals surface area contributed by atoms with Crippen LogP contribution in [0.3, 0.4) is 0 Å². The van der Waals surface area contributed by atoms with Crippen LogP contribution in [0.1, 0.15) is 24.6 Å². The SMILES string of the molecule is Fc1ccc2nnc(C3CCCNC3)n2c1. The molecule has 0 aliphatic carbocycles. The monoisotopic (exact) mass is 220 g/mol. The number of fused-ring (bicyclic) bond motifs is 1. The van der Waals surface area contributed by atoms with Gasteiger partial charge in [0.1, 0.15) is 11.6 Å². The van der Waals surface area contributed by atoms with E-state index >= 15 is 0 Å². The molecule has 0 spiro atoms. The third kappa shape index (κ3) is 1.57. The van der Waals surface area contributed by atoms with Gasteiger partial charge in [0.05, 0.1) is 0 Å². The highest BCUT2D eigenvalue weighted by Crippen LogP contribution is 2.22. The van der Waals surface area contributed by atoms with Crippen LogP contribution in [0.5, 0.6) is 0 Å². The van der Waals surface area contributed by atoms with Gasteiger partial charge < -0.3 is 5.32 Å². The van der Waals surface area contributed by atoms with Gasteiger partial charge in [0.15, 0.2) is 5.65 Å². The lowest BCUT2D eigenvalue weighted by Crippen LogP contribution is -2.29. The summed E-state index contributed by atoms with van der Waals surface area (Å²) in [6.45, 7) is 1.96. The van der Waals surface area contributed by atoms with E-state index in [1.807, 2.05) is 0 Å². The number of nitrogens with one attached hydrogen (secondary N) is 1. The van der Waals surface area contributed by atoms with Gasteiger partial charge in [0.2, 0.25) is 0 Å². The molecule has 0 bridgehead atoms. The fourth-order valence-corrected chi connectivity index (χ4v) is 2.23. The summed E-state index contributed by atoms with van der Waals surface area (Å²) in [7, 11) is 0. The van der Waals surface area contributed by atoms with Crippen LogP contribution >= 0.6 is 0 Å². The molecule has 0 radical (unpaired) electrons. The molecule has 1 atom stereocenters. The molecule has 2 aromatic rings. The standard InChI is InChI=1S/C11H13FN4/c12-9-3-4-10-14-15-11(16(10)7-9)8-2-1-5-13-6-8/h3-4,7-8,13H,1-2,5-6H2. The van der Waals surface area contributed by atoms with E-state index in [0.717, 1.165) is 31.8 Å². The molecule has 1 fully saturated rings. The van der Waals surface area contributed by atoms with Gasteiger partial charge in [-0.25, -0.2) is 4.39 Å². The van der Waals surface area contributed by atoms with E-state index in [1.54, 1.807) is 10.5 Å². The second-order valence-electron chi connectivity index (χ2n) is 4.18. The number of pyridine rings is 1. The average molecular weight is 220 g/mol. The molecule has 2 aromatic heterocycles. The van der Waals surface area contributed by atoms with Crippen LogP contribution in [0.2, 0.25) is 0 Å². The van der Waals surface area contributed by atoms with E-state index in [4.69, 9.17) is 0 Å². The number of rotatable bonds is 1. The van der Waals surface area contributed by atoms with E-state index in [1.165, 1.54) is 12.3 Å². The normalized spacial score (nSPS) is 21.4. The summed E-state index contributed by atoms with van der Waals surface area (Å²) < 4.78 is 14.9. The van der Waals surface area contributed by atoms with Gasteiger partial charge in [-0.05, 0) is 31.5 Å². The summed E-state index contributed by atoms with van der Waals surface area (Å²) in [5, 5.41) is 11.5. The Morgan fingerprint density at radius 3 is 3.12 bits per heavy atom. The zero-order chi connectivity index (χ0) is 11.0. The van der Waals surface area contributed by atoms with Gasteiger partial charge in [-0.15, -0.1) is 10.2 Å². The molecule has 84 valence electrons. The number of hydrogen-bond donors (Lipinski definition) is 1. The zero-order valence-electron chi connectivity index (χ0n) is 8.86. The van der Waals surface area contributed by atoms with Crippen LogP contribution in [-0.4, -0.2) is 27.7 Å². The second kappa shape index (κ2) is 3.83. The lowest BCUT2D eigenvalue weighted by atomic mass is 9.99. The maximum atomic E-state index is 13.2. The number of halogens is 1. The fourth-order valence-electron chi connectivity index (χ4n) is 2.23. The smallest absolute Gasteiger partial charge is 0.160 e. The van der Waals surface area contributed by atoms with Crippen LogP contribution in [0, 0.1) is 5.82 Å². The Morgan fingerprint density at radius 1 is 1.38 bits per heavy atom. The molecule has 0 saturated carbocycles. The zero-order valence-corrected chi connectivity index (χ0v) is 8.86. The van der Waals surface area contributed by atoms with Crippen molar-refractivity contribution in [3.63, 3.8) is 0 Å². The van der Waals surface area contributed by atoms with Gasteiger partial charge in [0.25, 0.3) is 0 Å². The van der Waals surface area contributed by atoms with Crippen LogP contribution in [0.25, 0.3) is 5.65 Å².